The molecule has 0 spiro atoms. The smallest absolute Gasteiger partial charge is 0.413 e. The van der Waals surface area contributed by atoms with Gasteiger partial charge < -0.3 is 28.8 Å². The van der Waals surface area contributed by atoms with Crippen molar-refractivity contribution in [2.75, 3.05) is 16.8 Å². The lowest BCUT2D eigenvalue weighted by molar-refractivity contribution is -0.134. The number of hydrogen-bond acceptors (Lipinski definition) is 9. The number of carbonyl (C=O) groups excluding carboxylic acids is 3. The van der Waals surface area contributed by atoms with Crippen LogP contribution in [0.25, 0.3) is 21.9 Å². The largest absolute Gasteiger partial charge is 0.444 e. The molecule has 12 heteroatoms. The predicted octanol–water partition coefficient (Wildman–Crippen LogP) is 8.05. The maximum atomic E-state index is 13.5. The molecule has 0 bridgehead atoms. The van der Waals surface area contributed by atoms with Crippen molar-refractivity contribution in [3.8, 4) is 17.6 Å². The molecule has 6 aromatic rings. The fourth-order valence-corrected chi connectivity index (χ4v) is 6.84. The van der Waals surface area contributed by atoms with Crippen molar-refractivity contribution in [3.63, 3.8) is 0 Å². The van der Waals surface area contributed by atoms with Gasteiger partial charge in [0.15, 0.2) is 5.82 Å². The lowest BCUT2D eigenvalue weighted by atomic mass is 10.0. The highest BCUT2D eigenvalue weighted by atomic mass is 16.5. The summed E-state index contributed by atoms with van der Waals surface area (Å²) in [4.78, 5) is 50.5. The van der Waals surface area contributed by atoms with Gasteiger partial charge in [0.1, 0.15) is 30.3 Å². The van der Waals surface area contributed by atoms with E-state index >= 15 is 0 Å². The van der Waals surface area contributed by atoms with E-state index in [2.05, 4.69) is 22.1 Å². The van der Waals surface area contributed by atoms with Gasteiger partial charge in [-0.15, -0.1) is 0 Å². The molecule has 4 aromatic carbocycles. The summed E-state index contributed by atoms with van der Waals surface area (Å²) in [6.07, 6.45) is 0.721. The van der Waals surface area contributed by atoms with Crippen molar-refractivity contribution in [2.45, 2.75) is 78.4 Å². The molecule has 0 saturated heterocycles. The molecule has 0 saturated carbocycles. The molecule has 2 aromatic heterocycles. The fraction of sp³-hybridized carbons (Fsp3) is 0.283. The molecular weight excluding hydrogens is 735 g/mol. The number of pyridine rings is 1. The molecule has 58 heavy (non-hydrogen) atoms. The number of para-hydroxylation sites is 2. The van der Waals surface area contributed by atoms with E-state index < -0.39 is 17.7 Å². The number of rotatable bonds is 14. The minimum Gasteiger partial charge on any atom is -0.444 e. The van der Waals surface area contributed by atoms with Crippen molar-refractivity contribution in [1.29, 1.82) is 0 Å². The summed E-state index contributed by atoms with van der Waals surface area (Å²) in [5, 5.41) is 14.3. The van der Waals surface area contributed by atoms with E-state index in [9.17, 15) is 19.5 Å². The van der Waals surface area contributed by atoms with Crippen LogP contribution in [0.1, 0.15) is 74.5 Å². The summed E-state index contributed by atoms with van der Waals surface area (Å²) in [7, 11) is 0. The first-order chi connectivity index (χ1) is 28.1. The topological polar surface area (TPSA) is 145 Å². The third kappa shape index (κ3) is 9.52. The monoisotopic (exact) mass is 779 g/mol. The van der Waals surface area contributed by atoms with E-state index in [4.69, 9.17) is 19.2 Å². The van der Waals surface area contributed by atoms with E-state index in [1.165, 1.54) is 0 Å². The highest BCUT2D eigenvalue weighted by molar-refractivity contribution is 6.09. The Morgan fingerprint density at radius 1 is 0.845 bits per heavy atom. The minimum atomic E-state index is -1.05. The maximum absolute atomic E-state index is 13.5. The number of aliphatic hydroxyl groups is 1. The number of benzene rings is 4. The van der Waals surface area contributed by atoms with Crippen LogP contribution in [0.4, 0.5) is 16.3 Å². The number of aromatic nitrogens is 3. The van der Waals surface area contributed by atoms with E-state index in [0.717, 1.165) is 27.8 Å². The molecule has 0 aliphatic carbocycles. The van der Waals surface area contributed by atoms with Crippen molar-refractivity contribution in [1.82, 2.24) is 14.5 Å². The highest BCUT2D eigenvalue weighted by Crippen LogP contribution is 2.32. The first-order valence-corrected chi connectivity index (χ1v) is 19.4. The van der Waals surface area contributed by atoms with E-state index in [1.807, 2.05) is 84.3 Å². The Bertz CT molecular complexity index is 2530. The zero-order chi connectivity index (χ0) is 40.6. The van der Waals surface area contributed by atoms with E-state index in [-0.39, 0.29) is 44.3 Å². The number of nitrogens with zero attached hydrogens (tertiary/aromatic N) is 4. The van der Waals surface area contributed by atoms with Crippen LogP contribution in [0.3, 0.4) is 0 Å². The highest BCUT2D eigenvalue weighted by Gasteiger charge is 2.25. The zero-order valence-corrected chi connectivity index (χ0v) is 32.8. The molecule has 0 fully saturated rings. The van der Waals surface area contributed by atoms with Crippen LogP contribution in [0.15, 0.2) is 97.1 Å². The molecule has 7 rings (SSSR count). The summed E-state index contributed by atoms with van der Waals surface area (Å²) in [5.41, 5.74) is 4.91. The number of carbonyl (C=O) groups is 3. The van der Waals surface area contributed by atoms with Gasteiger partial charge in [-0.2, -0.15) is 0 Å². The third-order valence-corrected chi connectivity index (χ3v) is 9.58. The van der Waals surface area contributed by atoms with Gasteiger partial charge in [0.05, 0.1) is 35.4 Å². The third-order valence-electron chi connectivity index (χ3n) is 9.58. The van der Waals surface area contributed by atoms with Crippen LogP contribution in [0.5, 0.6) is 5.75 Å². The summed E-state index contributed by atoms with van der Waals surface area (Å²) in [5.74, 6) is 7.19. The van der Waals surface area contributed by atoms with Gasteiger partial charge in [-0.25, -0.2) is 14.8 Å². The predicted molar refractivity (Wildman–Crippen MR) is 221 cm³/mol. The number of imidazole rings is 1. The molecule has 1 aliphatic heterocycles. The quantitative estimate of drug-likeness (QED) is 0.0486. The van der Waals surface area contributed by atoms with E-state index in [0.29, 0.717) is 59.7 Å². The van der Waals surface area contributed by atoms with Crippen LogP contribution < -0.4 is 15.0 Å². The molecule has 1 aliphatic rings. The van der Waals surface area contributed by atoms with Crippen molar-refractivity contribution >= 4 is 51.4 Å². The molecule has 2 N–H and O–H groups in total. The minimum absolute atomic E-state index is 0.0304. The molecule has 0 radical (unpaired) electrons. The lowest BCUT2D eigenvalue weighted by Crippen LogP contribution is -2.31. The maximum Gasteiger partial charge on any atom is 0.413 e. The first kappa shape index (κ1) is 39.7. The number of unbranched alkanes of at least 4 members (excludes halogenated alkanes) is 1. The van der Waals surface area contributed by atoms with Crippen molar-refractivity contribution in [3.05, 3.63) is 125 Å². The summed E-state index contributed by atoms with van der Waals surface area (Å²) < 4.78 is 18.7. The van der Waals surface area contributed by atoms with Gasteiger partial charge in [0.25, 0.3) is 0 Å². The molecule has 12 nitrogen and oxygen atoms in total. The second-order valence-corrected chi connectivity index (χ2v) is 14.7. The normalized spacial score (nSPS) is 12.2. The Morgan fingerprint density at radius 2 is 1.55 bits per heavy atom. The average molecular weight is 780 g/mol. The van der Waals surface area contributed by atoms with Crippen LogP contribution in [-0.2, 0) is 45.4 Å². The summed E-state index contributed by atoms with van der Waals surface area (Å²) >= 11 is 0. The molecule has 0 atom stereocenters. The van der Waals surface area contributed by atoms with Crippen LogP contribution in [0.2, 0.25) is 0 Å². The van der Waals surface area contributed by atoms with Crippen molar-refractivity contribution < 1.29 is 33.7 Å². The first-order valence-electron chi connectivity index (χ1n) is 19.4. The second-order valence-electron chi connectivity index (χ2n) is 14.7. The van der Waals surface area contributed by atoms with Gasteiger partial charge in [0, 0.05) is 36.0 Å². The van der Waals surface area contributed by atoms with Crippen molar-refractivity contribution in [2.24, 2.45) is 0 Å². The number of anilines is 2. The van der Waals surface area contributed by atoms with Gasteiger partial charge in [0.2, 0.25) is 5.91 Å². The Balaban J connectivity index is 0.916. The standard InChI is InChI=1S/C46H45N5O7/c1-4-56-29-39-48-42-43(51(39)30-46(2,3)55)36-16-8-9-17-37(36)47-44(42)49-45(54)57-28-31-21-25-35(26-22-31)58-41(53)20-12-11-19-40(52)50-27-34-15-6-5-13-32(34)23-24-33-14-7-10-18-38(33)50/h5-10,13-18,21-22,25-26,55H,4,11-12,19-20,27-30H2,1-3H3,(H,47,49,54). The molecule has 0 unspecified atom stereocenters. The number of hydrogen-bond donors (Lipinski definition) is 2. The van der Waals surface area contributed by atoms with Crippen LogP contribution >= 0.6 is 0 Å². The van der Waals surface area contributed by atoms with Gasteiger partial charge in [-0.05, 0) is 81.1 Å². The van der Waals surface area contributed by atoms with Gasteiger partial charge >= 0.3 is 12.1 Å². The molecule has 296 valence electrons. The number of esters is 1. The van der Waals surface area contributed by atoms with Crippen LogP contribution in [0, 0.1) is 11.8 Å². The Labute approximate surface area is 336 Å². The second kappa shape index (κ2) is 17.7. The summed E-state index contributed by atoms with van der Waals surface area (Å²) in [6, 6.07) is 29.7. The zero-order valence-electron chi connectivity index (χ0n) is 32.8. The Morgan fingerprint density at radius 3 is 2.34 bits per heavy atom. The van der Waals surface area contributed by atoms with Crippen LogP contribution in [-0.4, -0.2) is 49.8 Å². The van der Waals surface area contributed by atoms with Gasteiger partial charge in [-0.1, -0.05) is 72.5 Å². The molecule has 2 amide bonds. The Hall–Kier alpha value is -6.55. The summed E-state index contributed by atoms with van der Waals surface area (Å²) in [6.45, 7) is 6.66. The SMILES string of the molecule is CCOCc1nc2c(NC(=O)OCc3ccc(OC(=O)CCCCC(=O)N4Cc5ccccc5C#Cc5ccccc54)cc3)nc3ccccc3c2n1CC(C)(C)O. The number of fused-ring (bicyclic) bond motifs is 5. The molecular formula is C46H45N5O7. The lowest BCUT2D eigenvalue weighted by Gasteiger charge is -2.26. The number of nitrogens with one attached hydrogen (secondary N) is 1. The van der Waals surface area contributed by atoms with E-state index in [1.54, 1.807) is 43.0 Å². The number of ether oxygens (including phenoxy) is 3. The molecule has 3 heterocycles. The Kier molecular flexibility index (Phi) is 12.1. The average Bonchev–Trinajstić information content (AvgIpc) is 3.56. The van der Waals surface area contributed by atoms with Gasteiger partial charge in [-0.3, -0.25) is 14.9 Å². The fourth-order valence-electron chi connectivity index (χ4n) is 6.84. The number of amides is 2.